The van der Waals surface area contributed by atoms with Crippen LogP contribution in [0.1, 0.15) is 5.56 Å². The fourth-order valence-electron chi connectivity index (χ4n) is 0.842. The van der Waals surface area contributed by atoms with E-state index in [1.165, 1.54) is 12.2 Å². The third kappa shape index (κ3) is 2.61. The summed E-state index contributed by atoms with van der Waals surface area (Å²) in [5.74, 6) is 4.58. The van der Waals surface area contributed by atoms with E-state index in [2.05, 4.69) is 0 Å². The van der Waals surface area contributed by atoms with E-state index in [-0.39, 0.29) is 5.75 Å². The van der Waals surface area contributed by atoms with Crippen molar-refractivity contribution in [2.75, 3.05) is 0 Å². The van der Waals surface area contributed by atoms with Gasteiger partial charge in [0.15, 0.2) is 0 Å². The lowest BCUT2D eigenvalue weighted by molar-refractivity contribution is -0.116. The quantitative estimate of drug-likeness (QED) is 0.265. The van der Waals surface area contributed by atoms with Crippen LogP contribution in [-0.2, 0) is 4.79 Å². The van der Waals surface area contributed by atoms with Crippen molar-refractivity contribution in [2.24, 2.45) is 5.84 Å². The standard InChI is InChI=1S/C9H10N2O2/c10-11-9(13)6-5-7-3-1-2-4-8(7)12/h1-6,12H,10H2,(H,11,13)/b6-5+. The number of amides is 1. The van der Waals surface area contributed by atoms with Crippen LogP contribution < -0.4 is 11.3 Å². The van der Waals surface area contributed by atoms with Gasteiger partial charge in [0.05, 0.1) is 0 Å². The van der Waals surface area contributed by atoms with Crippen LogP contribution in [0.25, 0.3) is 6.08 Å². The van der Waals surface area contributed by atoms with Gasteiger partial charge >= 0.3 is 0 Å². The summed E-state index contributed by atoms with van der Waals surface area (Å²) >= 11 is 0. The third-order valence-electron chi connectivity index (χ3n) is 1.49. The minimum absolute atomic E-state index is 0.128. The molecule has 1 rings (SSSR count). The molecular weight excluding hydrogens is 168 g/mol. The van der Waals surface area contributed by atoms with E-state index in [0.29, 0.717) is 5.56 Å². The van der Waals surface area contributed by atoms with Gasteiger partial charge in [0.2, 0.25) is 0 Å². The number of nitrogens with one attached hydrogen (secondary N) is 1. The van der Waals surface area contributed by atoms with Crippen molar-refractivity contribution < 1.29 is 9.90 Å². The first-order valence-electron chi connectivity index (χ1n) is 3.70. The number of hydrogen-bond acceptors (Lipinski definition) is 3. The molecule has 4 N–H and O–H groups in total. The Hall–Kier alpha value is -1.81. The summed E-state index contributed by atoms with van der Waals surface area (Å²) in [6.45, 7) is 0. The topological polar surface area (TPSA) is 75.3 Å². The molecule has 0 spiro atoms. The second kappa shape index (κ2) is 4.27. The largest absolute Gasteiger partial charge is 0.507 e. The molecule has 0 aliphatic heterocycles. The van der Waals surface area contributed by atoms with Crippen LogP contribution in [-0.4, -0.2) is 11.0 Å². The Balaban J connectivity index is 2.80. The maximum absolute atomic E-state index is 10.7. The zero-order valence-electron chi connectivity index (χ0n) is 6.90. The van der Waals surface area contributed by atoms with Crippen molar-refractivity contribution in [2.45, 2.75) is 0 Å². The minimum atomic E-state index is -0.414. The number of aromatic hydroxyl groups is 1. The summed E-state index contributed by atoms with van der Waals surface area (Å²) < 4.78 is 0. The van der Waals surface area contributed by atoms with Crippen LogP contribution in [0.5, 0.6) is 5.75 Å². The molecule has 1 aromatic carbocycles. The number of nitrogens with two attached hydrogens (primary N) is 1. The zero-order chi connectivity index (χ0) is 9.68. The van der Waals surface area contributed by atoms with Crippen LogP contribution in [0.4, 0.5) is 0 Å². The molecule has 13 heavy (non-hydrogen) atoms. The van der Waals surface area contributed by atoms with Crippen LogP contribution in [0.3, 0.4) is 0 Å². The molecule has 68 valence electrons. The van der Waals surface area contributed by atoms with E-state index in [9.17, 15) is 9.90 Å². The van der Waals surface area contributed by atoms with Gasteiger partial charge < -0.3 is 5.11 Å². The molecule has 1 amide bonds. The maximum atomic E-state index is 10.7. The molecule has 0 aromatic heterocycles. The highest BCUT2D eigenvalue weighted by Crippen LogP contribution is 2.16. The molecule has 0 aliphatic rings. The van der Waals surface area contributed by atoms with Crippen molar-refractivity contribution in [3.8, 4) is 5.75 Å². The Morgan fingerprint density at radius 3 is 2.77 bits per heavy atom. The molecular formula is C9H10N2O2. The zero-order valence-corrected chi connectivity index (χ0v) is 6.90. The number of phenols is 1. The summed E-state index contributed by atoms with van der Waals surface area (Å²) in [6, 6.07) is 6.70. The number of carbonyl (C=O) groups excluding carboxylic acids is 1. The molecule has 0 radical (unpaired) electrons. The van der Waals surface area contributed by atoms with Crippen LogP contribution in [0.2, 0.25) is 0 Å². The van der Waals surface area contributed by atoms with Crippen molar-refractivity contribution in [1.29, 1.82) is 0 Å². The molecule has 0 heterocycles. The van der Waals surface area contributed by atoms with Gasteiger partial charge in [0.25, 0.3) is 5.91 Å². The van der Waals surface area contributed by atoms with Crippen LogP contribution in [0.15, 0.2) is 30.3 Å². The second-order valence-electron chi connectivity index (χ2n) is 2.40. The smallest absolute Gasteiger partial charge is 0.257 e. The predicted molar refractivity (Wildman–Crippen MR) is 49.5 cm³/mol. The SMILES string of the molecule is NNC(=O)/C=C/c1ccccc1O. The number of carbonyl (C=O) groups is 1. The minimum Gasteiger partial charge on any atom is -0.507 e. The fourth-order valence-corrected chi connectivity index (χ4v) is 0.842. The number of phenolic OH excluding ortho intramolecular Hbond substituents is 1. The molecule has 0 saturated heterocycles. The van der Waals surface area contributed by atoms with Crippen molar-refractivity contribution in [3.63, 3.8) is 0 Å². The lowest BCUT2D eigenvalue weighted by Crippen LogP contribution is -2.27. The van der Waals surface area contributed by atoms with Crippen molar-refractivity contribution in [3.05, 3.63) is 35.9 Å². The highest BCUT2D eigenvalue weighted by atomic mass is 16.3. The number of benzene rings is 1. The summed E-state index contributed by atoms with van der Waals surface area (Å²) in [4.78, 5) is 10.7. The first-order valence-corrected chi connectivity index (χ1v) is 3.70. The Morgan fingerprint density at radius 1 is 1.46 bits per heavy atom. The number of para-hydroxylation sites is 1. The highest BCUT2D eigenvalue weighted by Gasteiger charge is 1.94. The number of hydrazine groups is 1. The lowest BCUT2D eigenvalue weighted by atomic mass is 10.2. The molecule has 0 atom stereocenters. The van der Waals surface area contributed by atoms with E-state index >= 15 is 0 Å². The fraction of sp³-hybridized carbons (Fsp3) is 0. The monoisotopic (exact) mass is 178 g/mol. The Morgan fingerprint density at radius 2 is 2.15 bits per heavy atom. The summed E-state index contributed by atoms with van der Waals surface area (Å²) in [6.07, 6.45) is 2.73. The van der Waals surface area contributed by atoms with Gasteiger partial charge in [-0.05, 0) is 12.1 Å². The summed E-state index contributed by atoms with van der Waals surface area (Å²) in [5, 5.41) is 9.28. The van der Waals surface area contributed by atoms with Crippen LogP contribution >= 0.6 is 0 Å². The van der Waals surface area contributed by atoms with Crippen molar-refractivity contribution >= 4 is 12.0 Å². The van der Waals surface area contributed by atoms with Crippen molar-refractivity contribution in [1.82, 2.24) is 5.43 Å². The van der Waals surface area contributed by atoms with Gasteiger partial charge in [-0.25, -0.2) is 5.84 Å². The first-order chi connectivity index (χ1) is 6.24. The van der Waals surface area contributed by atoms with Gasteiger partial charge in [-0.1, -0.05) is 18.2 Å². The maximum Gasteiger partial charge on any atom is 0.257 e. The molecule has 0 aliphatic carbocycles. The Bertz CT molecular complexity index is 334. The molecule has 1 aromatic rings. The van der Waals surface area contributed by atoms with E-state index in [1.807, 2.05) is 5.43 Å². The van der Waals surface area contributed by atoms with E-state index < -0.39 is 5.91 Å². The summed E-state index contributed by atoms with van der Waals surface area (Å²) in [5.41, 5.74) is 2.52. The normalized spacial score (nSPS) is 10.2. The Labute approximate surface area is 75.7 Å². The van der Waals surface area contributed by atoms with Crippen LogP contribution in [0, 0.1) is 0 Å². The average molecular weight is 178 g/mol. The summed E-state index contributed by atoms with van der Waals surface area (Å²) in [7, 11) is 0. The molecule has 4 nitrogen and oxygen atoms in total. The molecule has 4 heteroatoms. The highest BCUT2D eigenvalue weighted by molar-refractivity contribution is 5.91. The van der Waals surface area contributed by atoms with E-state index in [4.69, 9.17) is 5.84 Å². The molecule has 0 saturated carbocycles. The predicted octanol–water partition coefficient (Wildman–Crippen LogP) is 0.395. The van der Waals surface area contributed by atoms with E-state index in [1.54, 1.807) is 24.3 Å². The number of hydrogen-bond donors (Lipinski definition) is 3. The van der Waals surface area contributed by atoms with Gasteiger partial charge in [0.1, 0.15) is 5.75 Å². The third-order valence-corrected chi connectivity index (χ3v) is 1.49. The van der Waals surface area contributed by atoms with Gasteiger partial charge in [0, 0.05) is 11.6 Å². The molecule has 0 fully saturated rings. The second-order valence-corrected chi connectivity index (χ2v) is 2.40. The number of rotatable bonds is 2. The van der Waals surface area contributed by atoms with Gasteiger partial charge in [-0.15, -0.1) is 0 Å². The van der Waals surface area contributed by atoms with Gasteiger partial charge in [-0.2, -0.15) is 0 Å². The first kappa shape index (κ1) is 9.28. The lowest BCUT2D eigenvalue weighted by Gasteiger charge is -1.96. The Kier molecular flexibility index (Phi) is 3.05. The van der Waals surface area contributed by atoms with E-state index in [0.717, 1.165) is 0 Å². The average Bonchev–Trinajstić information content (AvgIpc) is 2.16. The van der Waals surface area contributed by atoms with Gasteiger partial charge in [-0.3, -0.25) is 10.2 Å². The molecule has 0 bridgehead atoms. The molecule has 0 unspecified atom stereocenters.